The van der Waals surface area contributed by atoms with Gasteiger partial charge in [0.25, 0.3) is 5.78 Å². The third-order valence-electron chi connectivity index (χ3n) is 3.57. The molecule has 0 bridgehead atoms. The molecule has 0 saturated heterocycles. The predicted molar refractivity (Wildman–Crippen MR) is 80.5 cm³/mol. The summed E-state index contributed by atoms with van der Waals surface area (Å²) in [7, 11) is 0. The number of imidazole rings is 1. The van der Waals surface area contributed by atoms with Crippen molar-refractivity contribution in [2.45, 2.75) is 6.18 Å². The first-order chi connectivity index (χ1) is 11.5. The highest BCUT2D eigenvalue weighted by Crippen LogP contribution is 2.28. The van der Waals surface area contributed by atoms with Crippen molar-refractivity contribution in [3.8, 4) is 16.9 Å². The van der Waals surface area contributed by atoms with Gasteiger partial charge >= 0.3 is 6.18 Å². The number of nitrogens with zero attached hydrogens (tertiary/aromatic N) is 5. The maximum Gasteiger partial charge on any atom is 0.435 e. The van der Waals surface area contributed by atoms with E-state index in [1.165, 1.54) is 10.7 Å². The topological polar surface area (TPSA) is 48.0 Å². The van der Waals surface area contributed by atoms with E-state index < -0.39 is 11.9 Å². The van der Waals surface area contributed by atoms with Crippen molar-refractivity contribution in [3.63, 3.8) is 0 Å². The molecular weight excluding hydrogens is 319 g/mol. The van der Waals surface area contributed by atoms with Crippen LogP contribution in [-0.4, -0.2) is 24.1 Å². The minimum Gasteiger partial charge on any atom is -0.324 e. The number of benzene rings is 1. The molecule has 0 amide bonds. The van der Waals surface area contributed by atoms with Crippen LogP contribution >= 0.6 is 0 Å². The van der Waals surface area contributed by atoms with Crippen molar-refractivity contribution in [1.29, 1.82) is 0 Å². The van der Waals surface area contributed by atoms with Crippen LogP contribution < -0.4 is 0 Å². The van der Waals surface area contributed by atoms with Crippen molar-refractivity contribution in [3.05, 3.63) is 66.9 Å². The minimum atomic E-state index is -4.55. The predicted octanol–water partition coefficient (Wildman–Crippen LogP) is 3.60. The zero-order chi connectivity index (χ0) is 16.7. The van der Waals surface area contributed by atoms with E-state index in [2.05, 4.69) is 15.1 Å². The summed E-state index contributed by atoms with van der Waals surface area (Å²) in [6.07, 6.45) is 1.43. The molecule has 0 radical (unpaired) electrons. The molecule has 8 heteroatoms. The van der Waals surface area contributed by atoms with Crippen molar-refractivity contribution in [2.24, 2.45) is 0 Å². The van der Waals surface area contributed by atoms with E-state index in [0.29, 0.717) is 11.9 Å². The Hall–Kier alpha value is -3.16. The quantitative estimate of drug-likeness (QED) is 0.564. The Morgan fingerprint density at radius 3 is 2.50 bits per heavy atom. The third-order valence-corrected chi connectivity index (χ3v) is 3.57. The van der Waals surface area contributed by atoms with E-state index in [-0.39, 0.29) is 5.78 Å². The van der Waals surface area contributed by atoms with E-state index in [4.69, 9.17) is 0 Å². The molecule has 0 spiro atoms. The van der Waals surface area contributed by atoms with Gasteiger partial charge in [-0.15, -0.1) is 0 Å². The average Bonchev–Trinajstić information content (AvgIpc) is 3.23. The number of alkyl halides is 3. The van der Waals surface area contributed by atoms with Gasteiger partial charge in [-0.25, -0.2) is 9.97 Å². The van der Waals surface area contributed by atoms with Gasteiger partial charge < -0.3 is 4.57 Å². The molecule has 4 aromatic rings. The normalized spacial score (nSPS) is 12.0. The van der Waals surface area contributed by atoms with Crippen LogP contribution in [0, 0.1) is 0 Å². The van der Waals surface area contributed by atoms with Gasteiger partial charge in [0, 0.05) is 23.6 Å². The number of rotatable bonds is 2. The van der Waals surface area contributed by atoms with Crippen molar-refractivity contribution < 1.29 is 13.2 Å². The van der Waals surface area contributed by atoms with Crippen molar-refractivity contribution in [1.82, 2.24) is 24.1 Å². The summed E-state index contributed by atoms with van der Waals surface area (Å²) in [6.45, 7) is 0. The van der Waals surface area contributed by atoms with E-state index in [1.807, 2.05) is 53.4 Å². The Bertz CT molecular complexity index is 1000. The van der Waals surface area contributed by atoms with Crippen LogP contribution in [0.3, 0.4) is 0 Å². The largest absolute Gasteiger partial charge is 0.435 e. The molecule has 3 aromatic heterocycles. The fourth-order valence-corrected chi connectivity index (χ4v) is 2.44. The SMILES string of the molecule is FC(F)(F)c1cnn2c(-c3cccc(-n4cccc4)c3)cnc2n1. The van der Waals surface area contributed by atoms with E-state index in [0.717, 1.165) is 11.3 Å². The minimum absolute atomic E-state index is 0.0915. The van der Waals surface area contributed by atoms with E-state index in [9.17, 15) is 13.2 Å². The van der Waals surface area contributed by atoms with Gasteiger partial charge in [-0.3, -0.25) is 0 Å². The molecule has 0 N–H and O–H groups in total. The summed E-state index contributed by atoms with van der Waals surface area (Å²) in [5, 5.41) is 3.84. The molecule has 0 aliphatic rings. The highest BCUT2D eigenvalue weighted by molar-refractivity contribution is 5.64. The second-order valence-corrected chi connectivity index (χ2v) is 5.14. The third kappa shape index (κ3) is 2.41. The second kappa shape index (κ2) is 5.19. The van der Waals surface area contributed by atoms with Gasteiger partial charge in [-0.2, -0.15) is 22.8 Å². The summed E-state index contributed by atoms with van der Waals surface area (Å²) < 4.78 is 41.4. The number of hydrogen-bond donors (Lipinski definition) is 0. The molecule has 0 unspecified atom stereocenters. The van der Waals surface area contributed by atoms with Crippen LogP contribution in [0.25, 0.3) is 22.7 Å². The van der Waals surface area contributed by atoms with Crippen LogP contribution in [0.2, 0.25) is 0 Å². The summed E-state index contributed by atoms with van der Waals surface area (Å²) in [4.78, 5) is 7.47. The molecule has 5 nitrogen and oxygen atoms in total. The monoisotopic (exact) mass is 329 g/mol. The van der Waals surface area contributed by atoms with Crippen LogP contribution in [-0.2, 0) is 6.18 Å². The fourth-order valence-electron chi connectivity index (χ4n) is 2.44. The van der Waals surface area contributed by atoms with Gasteiger partial charge in [0.15, 0.2) is 5.69 Å². The molecule has 4 rings (SSSR count). The summed E-state index contributed by atoms with van der Waals surface area (Å²) in [5.41, 5.74) is 1.21. The molecule has 1 aromatic carbocycles. The zero-order valence-electron chi connectivity index (χ0n) is 12.1. The smallest absolute Gasteiger partial charge is 0.324 e. The Morgan fingerprint density at radius 1 is 0.958 bits per heavy atom. The molecule has 0 saturated carbocycles. The Morgan fingerprint density at radius 2 is 1.75 bits per heavy atom. The first-order valence-corrected chi connectivity index (χ1v) is 7.04. The van der Waals surface area contributed by atoms with Crippen LogP contribution in [0.15, 0.2) is 61.2 Å². The molecule has 3 heterocycles. The van der Waals surface area contributed by atoms with Gasteiger partial charge in [-0.1, -0.05) is 12.1 Å². The lowest BCUT2D eigenvalue weighted by atomic mass is 10.1. The van der Waals surface area contributed by atoms with Crippen LogP contribution in [0.4, 0.5) is 13.2 Å². The number of halogens is 3. The summed E-state index contributed by atoms with van der Waals surface area (Å²) in [6, 6.07) is 11.4. The van der Waals surface area contributed by atoms with Gasteiger partial charge in [0.1, 0.15) is 0 Å². The maximum atomic E-state index is 12.7. The average molecular weight is 329 g/mol. The molecular formula is C16H10F3N5. The lowest BCUT2D eigenvalue weighted by Gasteiger charge is -2.07. The van der Waals surface area contributed by atoms with Gasteiger partial charge in [0.05, 0.1) is 18.1 Å². The molecule has 0 aliphatic heterocycles. The molecule has 24 heavy (non-hydrogen) atoms. The zero-order valence-corrected chi connectivity index (χ0v) is 12.1. The van der Waals surface area contributed by atoms with Gasteiger partial charge in [0.2, 0.25) is 0 Å². The first-order valence-electron chi connectivity index (χ1n) is 7.04. The highest BCUT2D eigenvalue weighted by atomic mass is 19.4. The Kier molecular flexibility index (Phi) is 3.12. The Labute approximate surface area is 134 Å². The highest BCUT2D eigenvalue weighted by Gasteiger charge is 2.33. The summed E-state index contributed by atoms with van der Waals surface area (Å²) >= 11 is 0. The lowest BCUT2D eigenvalue weighted by molar-refractivity contribution is -0.141. The van der Waals surface area contributed by atoms with E-state index in [1.54, 1.807) is 0 Å². The van der Waals surface area contributed by atoms with Crippen LogP contribution in [0.1, 0.15) is 5.69 Å². The standard InChI is InChI=1S/C16H10F3N5/c17-16(18,19)14-10-21-24-13(9-20-15(24)22-14)11-4-3-5-12(8-11)23-6-1-2-7-23/h1-10H. The number of hydrogen-bond acceptors (Lipinski definition) is 3. The molecule has 0 atom stereocenters. The van der Waals surface area contributed by atoms with E-state index >= 15 is 0 Å². The first kappa shape index (κ1) is 14.4. The number of fused-ring (bicyclic) bond motifs is 1. The van der Waals surface area contributed by atoms with Crippen molar-refractivity contribution in [2.75, 3.05) is 0 Å². The molecule has 0 aliphatic carbocycles. The lowest BCUT2D eigenvalue weighted by Crippen LogP contribution is -2.11. The van der Waals surface area contributed by atoms with Crippen LogP contribution in [0.5, 0.6) is 0 Å². The maximum absolute atomic E-state index is 12.7. The van der Waals surface area contributed by atoms with Gasteiger partial charge in [-0.05, 0) is 24.3 Å². The van der Waals surface area contributed by atoms with Crippen molar-refractivity contribution >= 4 is 5.78 Å². The fraction of sp³-hybridized carbons (Fsp3) is 0.0625. The summed E-state index contributed by atoms with van der Waals surface area (Å²) in [5.74, 6) is -0.0915. The molecule has 0 fully saturated rings. The molecule has 120 valence electrons. The Balaban J connectivity index is 1.81. The number of aromatic nitrogens is 5. The second-order valence-electron chi connectivity index (χ2n) is 5.14.